The summed E-state index contributed by atoms with van der Waals surface area (Å²) in [7, 11) is 0. The smallest absolute Gasteiger partial charge is 0.134 e. The van der Waals surface area contributed by atoms with Crippen molar-refractivity contribution in [3.8, 4) is 16.9 Å². The van der Waals surface area contributed by atoms with Crippen LogP contribution in [0.2, 0.25) is 0 Å². The molecule has 0 bridgehead atoms. The predicted molar refractivity (Wildman–Crippen MR) is 83.0 cm³/mol. The van der Waals surface area contributed by atoms with Crippen LogP contribution in [0, 0.1) is 5.82 Å². The van der Waals surface area contributed by atoms with Gasteiger partial charge in [0.2, 0.25) is 0 Å². The molecule has 2 aromatic rings. The summed E-state index contributed by atoms with van der Waals surface area (Å²) in [5.41, 5.74) is 2.44. The highest BCUT2D eigenvalue weighted by Crippen LogP contribution is 2.33. The monoisotopic (exact) mass is 288 g/mol. The molecule has 0 saturated carbocycles. The Balaban J connectivity index is 2.32. The minimum atomic E-state index is -0.281. The third-order valence-corrected chi connectivity index (χ3v) is 3.20. The first-order valence-electron chi connectivity index (χ1n) is 7.27. The van der Waals surface area contributed by atoms with Crippen LogP contribution in [-0.2, 0) is 6.42 Å². The van der Waals surface area contributed by atoms with E-state index in [1.54, 1.807) is 12.1 Å². The second kappa shape index (κ2) is 7.23. The molecule has 112 valence electrons. The van der Waals surface area contributed by atoms with E-state index in [-0.39, 0.29) is 18.5 Å². The first-order valence-corrected chi connectivity index (χ1v) is 7.27. The standard InChI is InChI=1S/C18H21FO2/c1-13(2)21-17-7-3-6-16(19)18(17)15-10-8-14(9-11-15)5-4-12-20/h3,6-11,13,20H,4-5,12H2,1-2H3. The summed E-state index contributed by atoms with van der Waals surface area (Å²) in [6.07, 6.45) is 1.55. The molecular weight excluding hydrogens is 267 g/mol. The Hall–Kier alpha value is -1.87. The molecule has 0 aromatic heterocycles. The summed E-state index contributed by atoms with van der Waals surface area (Å²) in [6.45, 7) is 4.03. The molecule has 0 aliphatic carbocycles. The number of rotatable bonds is 6. The maximum Gasteiger partial charge on any atom is 0.134 e. The van der Waals surface area contributed by atoms with Crippen LogP contribution in [-0.4, -0.2) is 17.8 Å². The molecule has 0 spiro atoms. The fraction of sp³-hybridized carbons (Fsp3) is 0.333. The second-order valence-electron chi connectivity index (χ2n) is 5.30. The Bertz CT molecular complexity index is 576. The van der Waals surface area contributed by atoms with Gasteiger partial charge in [-0.1, -0.05) is 30.3 Å². The minimum Gasteiger partial charge on any atom is -0.490 e. The van der Waals surface area contributed by atoms with Gasteiger partial charge in [0.1, 0.15) is 11.6 Å². The molecule has 0 amide bonds. The van der Waals surface area contributed by atoms with Gasteiger partial charge in [0.25, 0.3) is 0 Å². The van der Waals surface area contributed by atoms with E-state index >= 15 is 0 Å². The maximum atomic E-state index is 14.2. The van der Waals surface area contributed by atoms with Gasteiger partial charge in [-0.15, -0.1) is 0 Å². The van der Waals surface area contributed by atoms with Crippen LogP contribution in [0.25, 0.3) is 11.1 Å². The number of benzene rings is 2. The van der Waals surface area contributed by atoms with Crippen LogP contribution in [0.4, 0.5) is 4.39 Å². The van der Waals surface area contributed by atoms with E-state index in [1.807, 2.05) is 38.1 Å². The Morgan fingerprint density at radius 3 is 2.43 bits per heavy atom. The molecule has 0 heterocycles. The molecule has 2 nitrogen and oxygen atoms in total. The van der Waals surface area contributed by atoms with Crippen molar-refractivity contribution in [2.45, 2.75) is 32.8 Å². The fourth-order valence-electron chi connectivity index (χ4n) is 2.26. The Labute approximate surface area is 125 Å². The number of hydrogen-bond donors (Lipinski definition) is 1. The van der Waals surface area contributed by atoms with Gasteiger partial charge in [0.05, 0.1) is 11.7 Å². The Morgan fingerprint density at radius 1 is 1.10 bits per heavy atom. The number of ether oxygens (including phenoxy) is 1. The van der Waals surface area contributed by atoms with Gasteiger partial charge in [-0.05, 0) is 49.9 Å². The number of aryl methyl sites for hydroxylation is 1. The van der Waals surface area contributed by atoms with Crippen molar-refractivity contribution in [3.05, 3.63) is 53.8 Å². The van der Waals surface area contributed by atoms with Gasteiger partial charge >= 0.3 is 0 Å². The molecule has 2 rings (SSSR count). The van der Waals surface area contributed by atoms with Crippen LogP contribution in [0.3, 0.4) is 0 Å². The van der Waals surface area contributed by atoms with Gasteiger partial charge in [-0.2, -0.15) is 0 Å². The van der Waals surface area contributed by atoms with Gasteiger partial charge in [0, 0.05) is 6.61 Å². The lowest BCUT2D eigenvalue weighted by atomic mass is 10.0. The topological polar surface area (TPSA) is 29.5 Å². The molecule has 3 heteroatoms. The van der Waals surface area contributed by atoms with Crippen LogP contribution >= 0.6 is 0 Å². The quantitative estimate of drug-likeness (QED) is 0.863. The highest BCUT2D eigenvalue weighted by Gasteiger charge is 2.13. The van der Waals surface area contributed by atoms with Crippen LogP contribution in [0.5, 0.6) is 5.75 Å². The molecule has 0 unspecified atom stereocenters. The highest BCUT2D eigenvalue weighted by atomic mass is 19.1. The Kier molecular flexibility index (Phi) is 5.34. The zero-order valence-electron chi connectivity index (χ0n) is 12.5. The molecule has 1 N–H and O–H groups in total. The predicted octanol–water partition coefficient (Wildman–Crippen LogP) is 4.20. The zero-order valence-corrected chi connectivity index (χ0v) is 12.5. The molecule has 0 aliphatic rings. The molecule has 2 aromatic carbocycles. The van der Waals surface area contributed by atoms with Gasteiger partial charge in [-0.3, -0.25) is 0 Å². The first-order chi connectivity index (χ1) is 10.1. The third kappa shape index (κ3) is 4.05. The van der Waals surface area contributed by atoms with Crippen molar-refractivity contribution in [1.82, 2.24) is 0 Å². The van der Waals surface area contributed by atoms with E-state index in [2.05, 4.69) is 0 Å². The largest absolute Gasteiger partial charge is 0.490 e. The average molecular weight is 288 g/mol. The van der Waals surface area contributed by atoms with Crippen molar-refractivity contribution < 1.29 is 14.2 Å². The Morgan fingerprint density at radius 2 is 1.81 bits per heavy atom. The van der Waals surface area contributed by atoms with Crippen molar-refractivity contribution in [2.75, 3.05) is 6.61 Å². The molecule has 0 fully saturated rings. The molecule has 0 radical (unpaired) electrons. The van der Waals surface area contributed by atoms with E-state index in [9.17, 15) is 4.39 Å². The van der Waals surface area contributed by atoms with E-state index in [0.29, 0.717) is 11.3 Å². The highest BCUT2D eigenvalue weighted by molar-refractivity contribution is 5.71. The van der Waals surface area contributed by atoms with Crippen molar-refractivity contribution >= 4 is 0 Å². The van der Waals surface area contributed by atoms with E-state index in [4.69, 9.17) is 9.84 Å². The molecule has 0 saturated heterocycles. The summed E-state index contributed by atoms with van der Waals surface area (Å²) in [4.78, 5) is 0. The number of aliphatic hydroxyl groups is 1. The number of hydrogen-bond acceptors (Lipinski definition) is 2. The van der Waals surface area contributed by atoms with Crippen LogP contribution < -0.4 is 4.74 Å². The molecular formula is C18H21FO2. The lowest BCUT2D eigenvalue weighted by molar-refractivity contribution is 0.242. The SMILES string of the molecule is CC(C)Oc1cccc(F)c1-c1ccc(CCCO)cc1. The van der Waals surface area contributed by atoms with E-state index in [0.717, 1.165) is 24.0 Å². The zero-order chi connectivity index (χ0) is 15.2. The summed E-state index contributed by atoms with van der Waals surface area (Å²) in [6, 6.07) is 12.6. The maximum absolute atomic E-state index is 14.2. The molecule has 0 aliphatic heterocycles. The molecule has 0 atom stereocenters. The van der Waals surface area contributed by atoms with Crippen LogP contribution in [0.15, 0.2) is 42.5 Å². The summed E-state index contributed by atoms with van der Waals surface area (Å²) in [5.74, 6) is 0.282. The van der Waals surface area contributed by atoms with Gasteiger partial charge in [-0.25, -0.2) is 4.39 Å². The van der Waals surface area contributed by atoms with Gasteiger partial charge < -0.3 is 9.84 Å². The third-order valence-electron chi connectivity index (χ3n) is 3.20. The normalized spacial score (nSPS) is 10.9. The van der Waals surface area contributed by atoms with Gasteiger partial charge in [0.15, 0.2) is 0 Å². The second-order valence-corrected chi connectivity index (χ2v) is 5.30. The molecule has 21 heavy (non-hydrogen) atoms. The number of aliphatic hydroxyl groups excluding tert-OH is 1. The first kappa shape index (κ1) is 15.5. The minimum absolute atomic E-state index is 0.00521. The average Bonchev–Trinajstić information content (AvgIpc) is 2.45. The lowest BCUT2D eigenvalue weighted by Crippen LogP contribution is -2.07. The van der Waals surface area contributed by atoms with E-state index < -0.39 is 0 Å². The van der Waals surface area contributed by atoms with Crippen molar-refractivity contribution in [2.24, 2.45) is 0 Å². The van der Waals surface area contributed by atoms with Crippen LogP contribution in [0.1, 0.15) is 25.8 Å². The van der Waals surface area contributed by atoms with Crippen molar-refractivity contribution in [1.29, 1.82) is 0 Å². The van der Waals surface area contributed by atoms with Crippen molar-refractivity contribution in [3.63, 3.8) is 0 Å². The fourth-order valence-corrected chi connectivity index (χ4v) is 2.26. The lowest BCUT2D eigenvalue weighted by Gasteiger charge is -2.15. The summed E-state index contributed by atoms with van der Waals surface area (Å²) < 4.78 is 19.9. The number of halogens is 1. The summed E-state index contributed by atoms with van der Waals surface area (Å²) >= 11 is 0. The summed E-state index contributed by atoms with van der Waals surface area (Å²) in [5, 5.41) is 8.85. The van der Waals surface area contributed by atoms with E-state index in [1.165, 1.54) is 6.07 Å².